The van der Waals surface area contributed by atoms with Gasteiger partial charge in [0.25, 0.3) is 6.01 Å². The van der Waals surface area contributed by atoms with E-state index < -0.39 is 12.0 Å². The Kier molecular flexibility index (Phi) is 3.50. The molecule has 1 heterocycles. The van der Waals surface area contributed by atoms with Gasteiger partial charge in [-0.25, -0.2) is 4.79 Å². The van der Waals surface area contributed by atoms with Crippen molar-refractivity contribution in [3.05, 3.63) is 24.3 Å². The summed E-state index contributed by atoms with van der Waals surface area (Å²) >= 11 is 0. The smallest absolute Gasteiger partial charge is 0.326 e. The third kappa shape index (κ3) is 2.80. The fourth-order valence-corrected chi connectivity index (χ4v) is 1.78. The lowest BCUT2D eigenvalue weighted by Crippen LogP contribution is -2.30. The van der Waals surface area contributed by atoms with Crippen molar-refractivity contribution in [3.8, 4) is 0 Å². The molecule has 96 valence electrons. The molecule has 0 saturated heterocycles. The number of para-hydroxylation sites is 2. The van der Waals surface area contributed by atoms with E-state index >= 15 is 0 Å². The zero-order valence-corrected chi connectivity index (χ0v) is 10.4. The zero-order valence-electron chi connectivity index (χ0n) is 10.4. The minimum Gasteiger partial charge on any atom is -0.480 e. The van der Waals surface area contributed by atoms with Crippen LogP contribution in [0.2, 0.25) is 0 Å². The van der Waals surface area contributed by atoms with Crippen LogP contribution in [0.4, 0.5) is 6.01 Å². The molecule has 0 unspecified atom stereocenters. The molecule has 1 atom stereocenters. The highest BCUT2D eigenvalue weighted by atomic mass is 16.4. The van der Waals surface area contributed by atoms with E-state index in [0.29, 0.717) is 17.5 Å². The third-order valence-electron chi connectivity index (χ3n) is 2.60. The highest BCUT2D eigenvalue weighted by Gasteiger charge is 2.20. The Morgan fingerprint density at radius 1 is 1.44 bits per heavy atom. The van der Waals surface area contributed by atoms with Crippen LogP contribution in [0.5, 0.6) is 0 Å². The average molecular weight is 248 g/mol. The van der Waals surface area contributed by atoms with E-state index in [4.69, 9.17) is 9.52 Å². The minimum absolute atomic E-state index is 0.254. The van der Waals surface area contributed by atoms with Crippen molar-refractivity contribution >= 4 is 23.1 Å². The second-order valence-corrected chi connectivity index (χ2v) is 4.65. The quantitative estimate of drug-likeness (QED) is 0.850. The number of aromatic nitrogens is 1. The van der Waals surface area contributed by atoms with E-state index in [2.05, 4.69) is 10.3 Å². The number of hydrogen-bond donors (Lipinski definition) is 2. The molecule has 2 N–H and O–H groups in total. The van der Waals surface area contributed by atoms with Gasteiger partial charge in [-0.2, -0.15) is 4.98 Å². The lowest BCUT2D eigenvalue weighted by molar-refractivity contribution is -0.138. The lowest BCUT2D eigenvalue weighted by atomic mass is 10.0. The van der Waals surface area contributed by atoms with E-state index in [0.717, 1.165) is 0 Å². The van der Waals surface area contributed by atoms with Crippen molar-refractivity contribution in [2.45, 2.75) is 26.3 Å². The molecule has 0 aliphatic carbocycles. The predicted octanol–water partition coefficient (Wildman–Crippen LogP) is 2.74. The van der Waals surface area contributed by atoms with Crippen LogP contribution in [0, 0.1) is 5.92 Å². The van der Waals surface area contributed by atoms with Crippen LogP contribution in [0.1, 0.15) is 20.3 Å². The molecule has 0 fully saturated rings. The topological polar surface area (TPSA) is 75.4 Å². The summed E-state index contributed by atoms with van der Waals surface area (Å²) in [6.07, 6.45) is 0.522. The average Bonchev–Trinajstić information content (AvgIpc) is 2.69. The van der Waals surface area contributed by atoms with Crippen molar-refractivity contribution in [3.63, 3.8) is 0 Å². The van der Waals surface area contributed by atoms with Crippen molar-refractivity contribution in [1.29, 1.82) is 0 Å². The molecule has 0 spiro atoms. The highest BCUT2D eigenvalue weighted by Crippen LogP contribution is 2.20. The highest BCUT2D eigenvalue weighted by molar-refractivity contribution is 5.78. The summed E-state index contributed by atoms with van der Waals surface area (Å²) in [5.41, 5.74) is 1.36. The molecule has 1 aromatic heterocycles. The van der Waals surface area contributed by atoms with Gasteiger partial charge >= 0.3 is 5.97 Å². The molecule has 0 aliphatic heterocycles. The second-order valence-electron chi connectivity index (χ2n) is 4.65. The Bertz CT molecular complexity index is 515. The first kappa shape index (κ1) is 12.4. The maximum atomic E-state index is 11.1. The normalized spacial score (nSPS) is 12.8. The van der Waals surface area contributed by atoms with Crippen molar-refractivity contribution in [2.75, 3.05) is 5.32 Å². The molecule has 18 heavy (non-hydrogen) atoms. The number of nitrogens with zero attached hydrogens (tertiary/aromatic N) is 1. The van der Waals surface area contributed by atoms with Crippen LogP contribution in [0.15, 0.2) is 28.7 Å². The Balaban J connectivity index is 2.17. The van der Waals surface area contributed by atoms with Crippen LogP contribution >= 0.6 is 0 Å². The summed E-state index contributed by atoms with van der Waals surface area (Å²) in [6.45, 7) is 3.95. The van der Waals surface area contributed by atoms with Crippen LogP contribution in [-0.2, 0) is 4.79 Å². The fraction of sp³-hybridized carbons (Fsp3) is 0.385. The summed E-state index contributed by atoms with van der Waals surface area (Å²) in [7, 11) is 0. The van der Waals surface area contributed by atoms with E-state index in [-0.39, 0.29) is 11.9 Å². The number of carboxylic acids is 1. The van der Waals surface area contributed by atoms with Crippen molar-refractivity contribution in [1.82, 2.24) is 4.98 Å². The number of carbonyl (C=O) groups is 1. The number of nitrogens with one attached hydrogen (secondary N) is 1. The maximum absolute atomic E-state index is 11.1. The first-order chi connectivity index (χ1) is 8.56. The van der Waals surface area contributed by atoms with E-state index in [1.807, 2.05) is 32.0 Å². The molecule has 5 heteroatoms. The second kappa shape index (κ2) is 5.08. The third-order valence-corrected chi connectivity index (χ3v) is 2.60. The van der Waals surface area contributed by atoms with E-state index in [1.54, 1.807) is 6.07 Å². The van der Waals surface area contributed by atoms with Gasteiger partial charge in [0.2, 0.25) is 0 Å². The van der Waals surface area contributed by atoms with Gasteiger partial charge in [-0.3, -0.25) is 0 Å². The number of rotatable bonds is 5. The van der Waals surface area contributed by atoms with Crippen LogP contribution < -0.4 is 5.32 Å². The molecule has 0 radical (unpaired) electrons. The molecule has 0 amide bonds. The first-order valence-corrected chi connectivity index (χ1v) is 5.91. The van der Waals surface area contributed by atoms with Gasteiger partial charge in [-0.1, -0.05) is 26.0 Å². The van der Waals surface area contributed by atoms with Crippen LogP contribution in [0.25, 0.3) is 11.1 Å². The predicted molar refractivity (Wildman–Crippen MR) is 68.5 cm³/mol. The fourth-order valence-electron chi connectivity index (χ4n) is 1.78. The standard InChI is InChI=1S/C13H16N2O3/c1-8(2)7-10(12(16)17)15-13-14-9-5-3-4-6-11(9)18-13/h3-6,8,10H,7H2,1-2H3,(H,14,15)(H,16,17)/t10-/m1/s1. The first-order valence-electron chi connectivity index (χ1n) is 5.91. The molecule has 2 aromatic rings. The zero-order chi connectivity index (χ0) is 13.1. The van der Waals surface area contributed by atoms with Gasteiger partial charge in [0.1, 0.15) is 11.6 Å². The number of oxazole rings is 1. The van der Waals surface area contributed by atoms with Gasteiger partial charge in [0.05, 0.1) is 0 Å². The van der Waals surface area contributed by atoms with E-state index in [1.165, 1.54) is 0 Å². The molecule has 0 bridgehead atoms. The summed E-state index contributed by atoms with van der Waals surface area (Å²) < 4.78 is 5.44. The number of hydrogen-bond acceptors (Lipinski definition) is 4. The largest absolute Gasteiger partial charge is 0.480 e. The number of anilines is 1. The Labute approximate surface area is 105 Å². The number of carboxylic acid groups (broad SMARTS) is 1. The molecule has 5 nitrogen and oxygen atoms in total. The molecular weight excluding hydrogens is 232 g/mol. The van der Waals surface area contributed by atoms with Crippen LogP contribution in [0.3, 0.4) is 0 Å². The SMILES string of the molecule is CC(C)C[C@@H](Nc1nc2ccccc2o1)C(=O)O. The molecule has 1 aromatic carbocycles. The lowest BCUT2D eigenvalue weighted by Gasteiger charge is -2.14. The van der Waals surface area contributed by atoms with Gasteiger partial charge in [0, 0.05) is 0 Å². The summed E-state index contributed by atoms with van der Waals surface area (Å²) in [6, 6.07) is 6.90. The Morgan fingerprint density at radius 3 is 2.78 bits per heavy atom. The Hall–Kier alpha value is -2.04. The van der Waals surface area contributed by atoms with E-state index in [9.17, 15) is 4.79 Å². The van der Waals surface area contributed by atoms with Gasteiger partial charge in [-0.15, -0.1) is 0 Å². The molecule has 0 aliphatic rings. The van der Waals surface area contributed by atoms with Crippen molar-refractivity contribution < 1.29 is 14.3 Å². The minimum atomic E-state index is -0.897. The maximum Gasteiger partial charge on any atom is 0.326 e. The van der Waals surface area contributed by atoms with Gasteiger partial charge in [0.15, 0.2) is 5.58 Å². The number of benzene rings is 1. The summed E-state index contributed by atoms with van der Waals surface area (Å²) in [4.78, 5) is 15.3. The van der Waals surface area contributed by atoms with Crippen LogP contribution in [-0.4, -0.2) is 22.1 Å². The summed E-state index contributed by atoms with van der Waals surface area (Å²) in [5.74, 6) is -0.617. The molecule has 2 rings (SSSR count). The van der Waals surface area contributed by atoms with Gasteiger partial charge < -0.3 is 14.8 Å². The molecular formula is C13H16N2O3. The number of aliphatic carboxylic acids is 1. The van der Waals surface area contributed by atoms with Crippen molar-refractivity contribution in [2.24, 2.45) is 5.92 Å². The number of fused-ring (bicyclic) bond motifs is 1. The Morgan fingerprint density at radius 2 is 2.17 bits per heavy atom. The molecule has 0 saturated carbocycles. The summed E-state index contributed by atoms with van der Waals surface area (Å²) in [5, 5.41) is 11.9. The van der Waals surface area contributed by atoms with Gasteiger partial charge in [-0.05, 0) is 24.5 Å². The monoisotopic (exact) mass is 248 g/mol.